The molecule has 1 aliphatic rings. The molecule has 1 aromatic rings. The lowest BCUT2D eigenvalue weighted by Crippen LogP contribution is -2.17. The Morgan fingerprint density at radius 1 is 1.40 bits per heavy atom. The van der Waals surface area contributed by atoms with Gasteiger partial charge in [-0.2, -0.15) is 13.2 Å². The van der Waals surface area contributed by atoms with Crippen LogP contribution < -0.4 is 11.1 Å². The van der Waals surface area contributed by atoms with Crippen LogP contribution in [0.25, 0.3) is 0 Å². The first-order valence-electron chi connectivity index (χ1n) is 6.78. The molecule has 0 aliphatic carbocycles. The average Bonchev–Trinajstić information content (AvgIpc) is 2.81. The zero-order valence-corrected chi connectivity index (χ0v) is 11.4. The van der Waals surface area contributed by atoms with E-state index in [1.54, 1.807) is 6.07 Å². The molecule has 1 aliphatic heterocycles. The second-order valence-electron chi connectivity index (χ2n) is 5.23. The third-order valence-corrected chi connectivity index (χ3v) is 3.75. The smallest absolute Gasteiger partial charge is 0.386 e. The number of rotatable bonds is 4. The molecular weight excluding hydrogens is 265 g/mol. The minimum Gasteiger partial charge on any atom is -0.386 e. The highest BCUT2D eigenvalue weighted by Crippen LogP contribution is 2.34. The lowest BCUT2D eigenvalue weighted by atomic mass is 9.86. The van der Waals surface area contributed by atoms with Crippen molar-refractivity contribution in [3.8, 4) is 0 Å². The molecule has 1 aromatic carbocycles. The summed E-state index contributed by atoms with van der Waals surface area (Å²) in [6.45, 7) is 2.77. The van der Waals surface area contributed by atoms with Gasteiger partial charge < -0.3 is 11.1 Å². The van der Waals surface area contributed by atoms with E-state index in [-0.39, 0.29) is 11.8 Å². The Kier molecular flexibility index (Phi) is 4.26. The quantitative estimate of drug-likeness (QED) is 0.886. The van der Waals surface area contributed by atoms with Gasteiger partial charge in [-0.3, -0.25) is 0 Å². The van der Waals surface area contributed by atoms with Crippen LogP contribution in [-0.2, 0) is 6.18 Å². The van der Waals surface area contributed by atoms with E-state index in [4.69, 9.17) is 5.73 Å². The van der Waals surface area contributed by atoms with Gasteiger partial charge in [-0.15, -0.1) is 0 Å². The summed E-state index contributed by atoms with van der Waals surface area (Å²) < 4.78 is 38.3. The summed E-state index contributed by atoms with van der Waals surface area (Å²) >= 11 is 0. The number of benzene rings is 1. The van der Waals surface area contributed by atoms with E-state index in [2.05, 4.69) is 5.32 Å². The van der Waals surface area contributed by atoms with Crippen molar-refractivity contribution in [1.82, 2.24) is 5.32 Å². The Morgan fingerprint density at radius 3 is 2.70 bits per heavy atom. The van der Waals surface area contributed by atoms with Gasteiger partial charge in [0.2, 0.25) is 0 Å². The van der Waals surface area contributed by atoms with Crippen molar-refractivity contribution < 1.29 is 13.2 Å². The van der Waals surface area contributed by atoms with Gasteiger partial charge in [0.15, 0.2) is 0 Å². The van der Waals surface area contributed by atoms with Crippen molar-refractivity contribution in [2.75, 3.05) is 6.54 Å². The van der Waals surface area contributed by atoms with Gasteiger partial charge in [-0.1, -0.05) is 25.1 Å². The fraction of sp³-hybridized carbons (Fsp3) is 0.467. The largest absolute Gasteiger partial charge is 0.416 e. The predicted molar refractivity (Wildman–Crippen MR) is 72.9 cm³/mol. The molecule has 110 valence electrons. The van der Waals surface area contributed by atoms with E-state index in [0.717, 1.165) is 31.0 Å². The molecule has 0 amide bonds. The third kappa shape index (κ3) is 3.46. The van der Waals surface area contributed by atoms with E-state index < -0.39 is 11.7 Å². The van der Waals surface area contributed by atoms with E-state index >= 15 is 0 Å². The zero-order valence-electron chi connectivity index (χ0n) is 11.4. The highest BCUT2D eigenvalue weighted by molar-refractivity contribution is 5.28. The molecule has 1 heterocycles. The summed E-state index contributed by atoms with van der Waals surface area (Å²) in [5.41, 5.74) is 5.84. The first-order chi connectivity index (χ1) is 9.40. The molecule has 0 aromatic heterocycles. The summed E-state index contributed by atoms with van der Waals surface area (Å²) in [6.07, 6.45) is -0.707. The Balaban J connectivity index is 2.15. The number of hydrogen-bond acceptors (Lipinski definition) is 2. The fourth-order valence-corrected chi connectivity index (χ4v) is 2.64. The van der Waals surface area contributed by atoms with Crippen molar-refractivity contribution in [3.63, 3.8) is 0 Å². The molecule has 5 heteroatoms. The third-order valence-electron chi connectivity index (χ3n) is 3.75. The molecule has 2 atom stereocenters. The predicted octanol–water partition coefficient (Wildman–Crippen LogP) is 3.61. The maximum atomic E-state index is 12.8. The second kappa shape index (κ2) is 5.77. The molecule has 2 rings (SSSR count). The molecule has 0 bridgehead atoms. The Hall–Kier alpha value is -1.65. The van der Waals surface area contributed by atoms with Crippen LogP contribution in [0.15, 0.2) is 36.2 Å². The van der Waals surface area contributed by atoms with Gasteiger partial charge >= 0.3 is 6.18 Å². The van der Waals surface area contributed by atoms with E-state index in [0.29, 0.717) is 5.82 Å². The summed E-state index contributed by atoms with van der Waals surface area (Å²) in [5.74, 6) is 1.06. The van der Waals surface area contributed by atoms with E-state index in [1.165, 1.54) is 12.1 Å². The molecule has 3 N–H and O–H groups in total. The zero-order chi connectivity index (χ0) is 14.8. The first-order valence-corrected chi connectivity index (χ1v) is 6.78. The molecule has 1 unspecified atom stereocenters. The Morgan fingerprint density at radius 2 is 2.15 bits per heavy atom. The van der Waals surface area contributed by atoms with Crippen LogP contribution in [-0.4, -0.2) is 6.54 Å². The topological polar surface area (TPSA) is 38.0 Å². The number of nitrogens with one attached hydrogen (secondary N) is 1. The van der Waals surface area contributed by atoms with Crippen LogP contribution in [0.4, 0.5) is 13.2 Å². The number of nitrogens with two attached hydrogens (primary N) is 1. The lowest BCUT2D eigenvalue weighted by Gasteiger charge is -2.19. The fourth-order valence-electron chi connectivity index (χ4n) is 2.64. The van der Waals surface area contributed by atoms with Crippen LogP contribution in [0.3, 0.4) is 0 Å². The van der Waals surface area contributed by atoms with Gasteiger partial charge in [-0.05, 0) is 42.4 Å². The van der Waals surface area contributed by atoms with Gasteiger partial charge in [0.05, 0.1) is 11.4 Å². The molecule has 0 spiro atoms. The normalized spacial score (nSPS) is 20.4. The van der Waals surface area contributed by atoms with Crippen LogP contribution in [0.5, 0.6) is 0 Å². The van der Waals surface area contributed by atoms with E-state index in [9.17, 15) is 13.2 Å². The van der Waals surface area contributed by atoms with Crippen molar-refractivity contribution in [1.29, 1.82) is 0 Å². The standard InChI is InChI=1S/C15H19F3N2/c1-2-11(6-10-7-14(19)20-9-10)12-4-3-5-13(8-12)15(16,17)18/h3-5,7-8,10-11,20H,2,6,9,19H2,1H3/t10-,11?/m0/s1. The number of alkyl halides is 3. The van der Waals surface area contributed by atoms with Gasteiger partial charge in [0.25, 0.3) is 0 Å². The van der Waals surface area contributed by atoms with Crippen LogP contribution in [0, 0.1) is 5.92 Å². The maximum Gasteiger partial charge on any atom is 0.416 e. The van der Waals surface area contributed by atoms with Crippen LogP contribution >= 0.6 is 0 Å². The minimum absolute atomic E-state index is 0.117. The maximum absolute atomic E-state index is 12.8. The molecule has 2 nitrogen and oxygen atoms in total. The molecule has 0 saturated heterocycles. The van der Waals surface area contributed by atoms with Crippen molar-refractivity contribution in [2.45, 2.75) is 31.9 Å². The van der Waals surface area contributed by atoms with Crippen LogP contribution in [0.2, 0.25) is 0 Å². The van der Waals surface area contributed by atoms with Gasteiger partial charge in [-0.25, -0.2) is 0 Å². The minimum atomic E-state index is -4.28. The highest BCUT2D eigenvalue weighted by Gasteiger charge is 2.31. The molecule has 0 radical (unpaired) electrons. The van der Waals surface area contributed by atoms with Crippen molar-refractivity contribution in [2.24, 2.45) is 11.7 Å². The Bertz CT molecular complexity index is 494. The SMILES string of the molecule is CCC(C[C@H]1C=C(N)NC1)c1cccc(C(F)(F)F)c1. The monoisotopic (exact) mass is 284 g/mol. The summed E-state index contributed by atoms with van der Waals surface area (Å²) in [6, 6.07) is 5.64. The molecule has 20 heavy (non-hydrogen) atoms. The van der Waals surface area contributed by atoms with Gasteiger partial charge in [0.1, 0.15) is 0 Å². The summed E-state index contributed by atoms with van der Waals surface area (Å²) in [4.78, 5) is 0. The first kappa shape index (κ1) is 14.8. The highest BCUT2D eigenvalue weighted by atomic mass is 19.4. The number of hydrogen-bond donors (Lipinski definition) is 2. The van der Waals surface area contributed by atoms with Gasteiger partial charge in [0, 0.05) is 6.54 Å². The second-order valence-corrected chi connectivity index (χ2v) is 5.23. The molecule has 0 saturated carbocycles. The molecule has 0 fully saturated rings. The summed E-state index contributed by atoms with van der Waals surface area (Å²) in [5, 5.41) is 3.04. The lowest BCUT2D eigenvalue weighted by molar-refractivity contribution is -0.137. The summed E-state index contributed by atoms with van der Waals surface area (Å²) in [7, 11) is 0. The average molecular weight is 284 g/mol. The number of halogens is 3. The van der Waals surface area contributed by atoms with E-state index in [1.807, 2.05) is 13.0 Å². The Labute approximate surface area is 116 Å². The van der Waals surface area contributed by atoms with Crippen molar-refractivity contribution >= 4 is 0 Å². The van der Waals surface area contributed by atoms with Crippen LogP contribution in [0.1, 0.15) is 36.8 Å². The van der Waals surface area contributed by atoms with Crippen molar-refractivity contribution in [3.05, 3.63) is 47.3 Å². The molecular formula is C15H19F3N2.